The number of carbonyl (C=O) groups excluding carboxylic acids is 3. The van der Waals surface area contributed by atoms with E-state index in [0.717, 1.165) is 6.08 Å². The van der Waals surface area contributed by atoms with Crippen molar-refractivity contribution in [3.63, 3.8) is 0 Å². The fourth-order valence-electron chi connectivity index (χ4n) is 1.24. The largest absolute Gasteiger partial charge is 0.335 e. The lowest BCUT2D eigenvalue weighted by Crippen LogP contribution is -2.36. The maximum Gasteiger partial charge on any atom is 0.252 e. The topological polar surface area (TPSA) is 75.3 Å². The summed E-state index contributed by atoms with van der Waals surface area (Å²) in [6, 6.07) is 6.28. The highest BCUT2D eigenvalue weighted by Gasteiger charge is 2.06. The number of nitrogens with one attached hydrogen (secondary N) is 2. The van der Waals surface area contributed by atoms with Crippen molar-refractivity contribution >= 4 is 17.6 Å². The zero-order chi connectivity index (χ0) is 13.5. The summed E-state index contributed by atoms with van der Waals surface area (Å²) in [7, 11) is 0. The molecule has 1 aromatic carbocycles. The molecule has 0 atom stereocenters. The molecule has 94 valence electrons. The molecule has 5 heteroatoms. The monoisotopic (exact) mass is 246 g/mol. The molecule has 0 bridgehead atoms. The van der Waals surface area contributed by atoms with E-state index in [2.05, 4.69) is 17.2 Å². The standard InChI is InChI=1S/C13H14N2O3/c1-3-12(17)14-8-15-13(18)11-6-4-10(5-7-11)9(2)16/h3-7H,1,8H2,2H3,(H,14,17)(H,15,18). The highest BCUT2D eigenvalue weighted by molar-refractivity contribution is 5.97. The summed E-state index contributed by atoms with van der Waals surface area (Å²) in [6.45, 7) is 4.77. The van der Waals surface area contributed by atoms with Gasteiger partial charge in [0.05, 0.1) is 6.67 Å². The number of amides is 2. The van der Waals surface area contributed by atoms with Crippen LogP contribution in [-0.4, -0.2) is 24.3 Å². The Morgan fingerprint density at radius 2 is 1.67 bits per heavy atom. The molecule has 18 heavy (non-hydrogen) atoms. The van der Waals surface area contributed by atoms with Crippen LogP contribution in [0.5, 0.6) is 0 Å². The van der Waals surface area contributed by atoms with Crippen LogP contribution in [0.1, 0.15) is 27.6 Å². The van der Waals surface area contributed by atoms with E-state index in [-0.39, 0.29) is 24.3 Å². The van der Waals surface area contributed by atoms with Crippen LogP contribution < -0.4 is 10.6 Å². The number of rotatable bonds is 5. The lowest BCUT2D eigenvalue weighted by molar-refractivity contribution is -0.116. The summed E-state index contributed by atoms with van der Waals surface area (Å²) >= 11 is 0. The Bertz CT molecular complexity index is 478. The first kappa shape index (κ1) is 13.6. The molecule has 0 saturated carbocycles. The third-order valence-corrected chi connectivity index (χ3v) is 2.25. The maximum absolute atomic E-state index is 11.6. The van der Waals surface area contributed by atoms with E-state index in [4.69, 9.17) is 0 Å². The van der Waals surface area contributed by atoms with Crippen LogP contribution in [0.4, 0.5) is 0 Å². The van der Waals surface area contributed by atoms with Gasteiger partial charge >= 0.3 is 0 Å². The van der Waals surface area contributed by atoms with E-state index >= 15 is 0 Å². The van der Waals surface area contributed by atoms with E-state index in [1.54, 1.807) is 24.3 Å². The van der Waals surface area contributed by atoms with Crippen LogP contribution >= 0.6 is 0 Å². The highest BCUT2D eigenvalue weighted by atomic mass is 16.2. The molecule has 0 aliphatic rings. The molecular weight excluding hydrogens is 232 g/mol. The van der Waals surface area contributed by atoms with E-state index in [9.17, 15) is 14.4 Å². The molecule has 0 aliphatic heterocycles. The summed E-state index contributed by atoms with van der Waals surface area (Å²) in [5.41, 5.74) is 0.972. The molecular formula is C13H14N2O3. The summed E-state index contributed by atoms with van der Waals surface area (Å²) in [5, 5.41) is 4.93. The normalized spacial score (nSPS) is 9.39. The number of benzene rings is 1. The Morgan fingerprint density at radius 1 is 1.11 bits per heavy atom. The minimum absolute atomic E-state index is 0.0259. The number of Topliss-reactive ketones (excluding diaryl/α,β-unsaturated/α-hetero) is 1. The lowest BCUT2D eigenvalue weighted by atomic mass is 10.1. The van der Waals surface area contributed by atoms with Gasteiger partial charge < -0.3 is 10.6 Å². The zero-order valence-electron chi connectivity index (χ0n) is 10.0. The van der Waals surface area contributed by atoms with Gasteiger partial charge in [-0.05, 0) is 25.1 Å². The first-order valence-electron chi connectivity index (χ1n) is 5.34. The summed E-state index contributed by atoms with van der Waals surface area (Å²) in [4.78, 5) is 33.5. The second-order valence-electron chi connectivity index (χ2n) is 3.56. The van der Waals surface area contributed by atoms with Crippen molar-refractivity contribution in [2.75, 3.05) is 6.67 Å². The fourth-order valence-corrected chi connectivity index (χ4v) is 1.24. The van der Waals surface area contributed by atoms with Crippen molar-refractivity contribution in [3.05, 3.63) is 48.0 Å². The lowest BCUT2D eigenvalue weighted by Gasteiger charge is -2.06. The fraction of sp³-hybridized carbons (Fsp3) is 0.154. The minimum atomic E-state index is -0.359. The smallest absolute Gasteiger partial charge is 0.252 e. The molecule has 0 saturated heterocycles. The summed E-state index contributed by atoms with van der Waals surface area (Å²) in [5.74, 6) is -0.739. The molecule has 0 aliphatic carbocycles. The predicted octanol–water partition coefficient (Wildman–Crippen LogP) is 0.879. The molecule has 0 aromatic heterocycles. The average Bonchev–Trinajstić information content (AvgIpc) is 2.38. The number of ketones is 1. The van der Waals surface area contributed by atoms with Gasteiger partial charge in [0.25, 0.3) is 5.91 Å². The van der Waals surface area contributed by atoms with E-state index < -0.39 is 0 Å². The van der Waals surface area contributed by atoms with E-state index in [1.165, 1.54) is 6.92 Å². The summed E-state index contributed by atoms with van der Waals surface area (Å²) in [6.07, 6.45) is 1.12. The van der Waals surface area contributed by atoms with Gasteiger partial charge in [0, 0.05) is 11.1 Å². The second-order valence-corrected chi connectivity index (χ2v) is 3.56. The van der Waals surface area contributed by atoms with Crippen LogP contribution in [0.25, 0.3) is 0 Å². The molecule has 1 rings (SSSR count). The van der Waals surface area contributed by atoms with Gasteiger partial charge in [-0.3, -0.25) is 14.4 Å². The Morgan fingerprint density at radius 3 is 2.17 bits per heavy atom. The van der Waals surface area contributed by atoms with Crippen LogP contribution in [0.2, 0.25) is 0 Å². The molecule has 0 unspecified atom stereocenters. The van der Waals surface area contributed by atoms with E-state index in [0.29, 0.717) is 11.1 Å². The molecule has 5 nitrogen and oxygen atoms in total. The van der Waals surface area contributed by atoms with Crippen LogP contribution in [0.15, 0.2) is 36.9 Å². The van der Waals surface area contributed by atoms with Gasteiger partial charge in [0.2, 0.25) is 5.91 Å². The molecule has 0 radical (unpaired) electrons. The first-order chi connectivity index (χ1) is 8.54. The number of carbonyl (C=O) groups is 3. The first-order valence-corrected chi connectivity index (χ1v) is 5.34. The molecule has 1 aromatic rings. The zero-order valence-corrected chi connectivity index (χ0v) is 10.0. The molecule has 2 amide bonds. The van der Waals surface area contributed by atoms with Crippen molar-refractivity contribution in [2.24, 2.45) is 0 Å². The molecule has 0 fully saturated rings. The molecule has 2 N–H and O–H groups in total. The Kier molecular flexibility index (Phi) is 4.80. The number of hydrogen-bond acceptors (Lipinski definition) is 3. The quantitative estimate of drug-likeness (QED) is 0.460. The average molecular weight is 246 g/mol. The van der Waals surface area contributed by atoms with Crippen molar-refractivity contribution in [1.29, 1.82) is 0 Å². The Labute approximate surface area is 105 Å². The molecule has 0 spiro atoms. The van der Waals surface area contributed by atoms with Crippen molar-refractivity contribution < 1.29 is 14.4 Å². The van der Waals surface area contributed by atoms with Crippen molar-refractivity contribution in [3.8, 4) is 0 Å². The van der Waals surface area contributed by atoms with E-state index in [1.807, 2.05) is 0 Å². The van der Waals surface area contributed by atoms with Crippen LogP contribution in [0.3, 0.4) is 0 Å². The highest BCUT2D eigenvalue weighted by Crippen LogP contribution is 2.04. The Hall–Kier alpha value is -2.43. The third kappa shape index (κ3) is 3.86. The Balaban J connectivity index is 2.54. The number of hydrogen-bond donors (Lipinski definition) is 2. The van der Waals surface area contributed by atoms with Gasteiger partial charge in [0.15, 0.2) is 5.78 Å². The maximum atomic E-state index is 11.6. The van der Waals surface area contributed by atoms with Gasteiger partial charge in [0.1, 0.15) is 0 Å². The summed E-state index contributed by atoms with van der Waals surface area (Å²) < 4.78 is 0. The third-order valence-electron chi connectivity index (χ3n) is 2.25. The van der Waals surface area contributed by atoms with Crippen LogP contribution in [0, 0.1) is 0 Å². The second kappa shape index (κ2) is 6.34. The minimum Gasteiger partial charge on any atom is -0.335 e. The van der Waals surface area contributed by atoms with Gasteiger partial charge in [-0.15, -0.1) is 0 Å². The van der Waals surface area contributed by atoms with Crippen molar-refractivity contribution in [1.82, 2.24) is 10.6 Å². The van der Waals surface area contributed by atoms with Crippen molar-refractivity contribution in [2.45, 2.75) is 6.92 Å². The SMILES string of the molecule is C=CC(=O)NCNC(=O)c1ccc(C(C)=O)cc1. The van der Waals surface area contributed by atoms with Gasteiger partial charge in [-0.2, -0.15) is 0 Å². The van der Waals surface area contributed by atoms with Gasteiger partial charge in [-0.1, -0.05) is 18.7 Å². The van der Waals surface area contributed by atoms with Gasteiger partial charge in [-0.25, -0.2) is 0 Å². The van der Waals surface area contributed by atoms with Crippen LogP contribution in [-0.2, 0) is 4.79 Å². The molecule has 0 heterocycles. The predicted molar refractivity (Wildman–Crippen MR) is 67.1 cm³/mol.